The predicted octanol–water partition coefficient (Wildman–Crippen LogP) is 2.55. The quantitative estimate of drug-likeness (QED) is 0.788. The third kappa shape index (κ3) is 1.36. The third-order valence-corrected chi connectivity index (χ3v) is 2.88. The van der Waals surface area contributed by atoms with Crippen LogP contribution in [0.25, 0.3) is 5.69 Å². The molecule has 2 rings (SSSR count). The van der Waals surface area contributed by atoms with Crippen molar-refractivity contribution in [3.63, 3.8) is 0 Å². The molecule has 2 N–H and O–H groups in total. The highest BCUT2D eigenvalue weighted by atomic mass is 15.1. The normalized spacial score (nSPS) is 10.1. The first-order valence-corrected chi connectivity index (χ1v) is 5.09. The van der Waals surface area contributed by atoms with Gasteiger partial charge in [-0.1, -0.05) is 18.2 Å². The lowest BCUT2D eigenvalue weighted by atomic mass is 10.2. The molecule has 0 radical (unpaired) electrons. The smallest absolute Gasteiger partial charge is 0.126 e. The van der Waals surface area contributed by atoms with Gasteiger partial charge >= 0.3 is 0 Å². The van der Waals surface area contributed by atoms with Crippen molar-refractivity contribution in [1.29, 1.82) is 5.26 Å². The Balaban J connectivity index is 2.73. The van der Waals surface area contributed by atoms with E-state index < -0.39 is 0 Å². The van der Waals surface area contributed by atoms with Crippen molar-refractivity contribution in [3.8, 4) is 11.8 Å². The second-order valence-electron chi connectivity index (χ2n) is 3.75. The first-order valence-electron chi connectivity index (χ1n) is 5.09. The highest BCUT2D eigenvalue weighted by molar-refractivity contribution is 5.62. The molecule has 0 fully saturated rings. The number of rotatable bonds is 1. The molecule has 2 aromatic rings. The topological polar surface area (TPSA) is 54.7 Å². The molecule has 3 nitrogen and oxygen atoms in total. The highest BCUT2D eigenvalue weighted by Crippen LogP contribution is 2.26. The van der Waals surface area contributed by atoms with Gasteiger partial charge in [0.05, 0.1) is 5.56 Å². The van der Waals surface area contributed by atoms with Crippen LogP contribution < -0.4 is 5.73 Å². The molecule has 0 saturated heterocycles. The molecule has 0 bridgehead atoms. The first kappa shape index (κ1) is 10.3. The zero-order chi connectivity index (χ0) is 11.7. The van der Waals surface area contributed by atoms with E-state index >= 15 is 0 Å². The lowest BCUT2D eigenvalue weighted by Gasteiger charge is -2.08. The van der Waals surface area contributed by atoms with E-state index in [2.05, 4.69) is 6.07 Å². The van der Waals surface area contributed by atoms with Crippen molar-refractivity contribution in [3.05, 3.63) is 47.2 Å². The van der Waals surface area contributed by atoms with Gasteiger partial charge in [0.1, 0.15) is 11.9 Å². The molecule has 0 spiro atoms. The van der Waals surface area contributed by atoms with Gasteiger partial charge in [-0.3, -0.25) is 4.57 Å². The van der Waals surface area contributed by atoms with Gasteiger partial charge in [0, 0.05) is 11.4 Å². The van der Waals surface area contributed by atoms with Crippen LogP contribution in [0.15, 0.2) is 30.3 Å². The van der Waals surface area contributed by atoms with E-state index in [4.69, 9.17) is 11.0 Å². The summed E-state index contributed by atoms with van der Waals surface area (Å²) >= 11 is 0. The first-order chi connectivity index (χ1) is 7.66. The maximum absolute atomic E-state index is 9.04. The summed E-state index contributed by atoms with van der Waals surface area (Å²) in [5.41, 5.74) is 9.51. The fraction of sp³-hybridized carbons (Fsp3) is 0.154. The van der Waals surface area contributed by atoms with Gasteiger partial charge in [0.2, 0.25) is 0 Å². The maximum Gasteiger partial charge on any atom is 0.126 e. The molecule has 3 heteroatoms. The van der Waals surface area contributed by atoms with E-state index in [1.165, 1.54) is 0 Å². The van der Waals surface area contributed by atoms with Crippen molar-refractivity contribution in [2.45, 2.75) is 13.8 Å². The Bertz CT molecular complexity index is 559. The summed E-state index contributed by atoms with van der Waals surface area (Å²) in [7, 11) is 0. The van der Waals surface area contributed by atoms with E-state index in [1.54, 1.807) is 0 Å². The van der Waals surface area contributed by atoms with Crippen LogP contribution in [0, 0.1) is 25.2 Å². The van der Waals surface area contributed by atoms with Crippen LogP contribution in [-0.4, -0.2) is 4.57 Å². The summed E-state index contributed by atoms with van der Waals surface area (Å²) in [4.78, 5) is 0. The summed E-state index contributed by atoms with van der Waals surface area (Å²) < 4.78 is 1.91. The molecule has 1 aromatic heterocycles. The fourth-order valence-electron chi connectivity index (χ4n) is 1.88. The van der Waals surface area contributed by atoms with Crippen molar-refractivity contribution < 1.29 is 0 Å². The van der Waals surface area contributed by atoms with Gasteiger partial charge in [0.25, 0.3) is 0 Å². The molecule has 0 amide bonds. The number of nitrogens with zero attached hydrogens (tertiary/aromatic N) is 2. The largest absolute Gasteiger partial charge is 0.384 e. The summed E-state index contributed by atoms with van der Waals surface area (Å²) in [6.45, 7) is 3.89. The summed E-state index contributed by atoms with van der Waals surface area (Å²) in [5, 5.41) is 9.04. The molecule has 16 heavy (non-hydrogen) atoms. The average Bonchev–Trinajstić information content (AvgIpc) is 2.51. The fourth-order valence-corrected chi connectivity index (χ4v) is 1.88. The van der Waals surface area contributed by atoms with Crippen LogP contribution in [0.4, 0.5) is 5.82 Å². The number of para-hydroxylation sites is 1. The second-order valence-corrected chi connectivity index (χ2v) is 3.75. The van der Waals surface area contributed by atoms with Crippen molar-refractivity contribution in [1.82, 2.24) is 4.57 Å². The van der Waals surface area contributed by atoms with Crippen molar-refractivity contribution >= 4 is 5.82 Å². The van der Waals surface area contributed by atoms with Gasteiger partial charge in [-0.2, -0.15) is 5.26 Å². The highest BCUT2D eigenvalue weighted by Gasteiger charge is 2.15. The van der Waals surface area contributed by atoms with E-state index in [0.29, 0.717) is 11.4 Å². The van der Waals surface area contributed by atoms with Crippen LogP contribution >= 0.6 is 0 Å². The molecule has 0 atom stereocenters. The Morgan fingerprint density at radius 1 is 1.19 bits per heavy atom. The molecular formula is C13H13N3. The minimum absolute atomic E-state index is 0.517. The molecule has 1 heterocycles. The van der Waals surface area contributed by atoms with Crippen LogP contribution in [-0.2, 0) is 0 Å². The Hall–Kier alpha value is -2.21. The number of aromatic nitrogens is 1. The van der Waals surface area contributed by atoms with Crippen molar-refractivity contribution in [2.24, 2.45) is 0 Å². The molecule has 0 unspecified atom stereocenters. The zero-order valence-corrected chi connectivity index (χ0v) is 9.36. The van der Waals surface area contributed by atoms with E-state index in [9.17, 15) is 0 Å². The van der Waals surface area contributed by atoms with E-state index in [1.807, 2.05) is 48.7 Å². The predicted molar refractivity (Wildman–Crippen MR) is 64.4 cm³/mol. The lowest BCUT2D eigenvalue weighted by molar-refractivity contribution is 1.02. The Kier molecular flexibility index (Phi) is 2.41. The molecule has 0 aliphatic rings. The molecule has 0 saturated carbocycles. The monoisotopic (exact) mass is 211 g/mol. The Labute approximate surface area is 94.7 Å². The number of hydrogen-bond acceptors (Lipinski definition) is 2. The van der Waals surface area contributed by atoms with Gasteiger partial charge in [0.15, 0.2) is 0 Å². The molecule has 0 aliphatic carbocycles. The number of anilines is 1. The number of nitriles is 1. The van der Waals surface area contributed by atoms with E-state index in [0.717, 1.165) is 16.9 Å². The SMILES string of the molecule is Cc1c(C#N)c(N)n(-c2ccccc2)c1C. The summed E-state index contributed by atoms with van der Waals surface area (Å²) in [6, 6.07) is 12.0. The third-order valence-electron chi connectivity index (χ3n) is 2.88. The van der Waals surface area contributed by atoms with Gasteiger partial charge < -0.3 is 5.73 Å². The van der Waals surface area contributed by atoms with Gasteiger partial charge in [-0.05, 0) is 31.5 Å². The maximum atomic E-state index is 9.04. The van der Waals surface area contributed by atoms with Crippen LogP contribution in [0.3, 0.4) is 0 Å². The average molecular weight is 211 g/mol. The number of hydrogen-bond donors (Lipinski definition) is 1. The minimum atomic E-state index is 0.517. The number of nitrogens with two attached hydrogens (primary N) is 1. The second kappa shape index (κ2) is 3.74. The number of nitrogen functional groups attached to an aromatic ring is 1. The molecular weight excluding hydrogens is 198 g/mol. The standard InChI is InChI=1S/C13H13N3/c1-9-10(2)16(13(15)12(9)8-14)11-6-4-3-5-7-11/h3-7H,15H2,1-2H3. The Morgan fingerprint density at radius 3 is 2.31 bits per heavy atom. The summed E-state index contributed by atoms with van der Waals surface area (Å²) in [6.07, 6.45) is 0. The lowest BCUT2D eigenvalue weighted by Crippen LogP contribution is -2.02. The minimum Gasteiger partial charge on any atom is -0.384 e. The Morgan fingerprint density at radius 2 is 1.81 bits per heavy atom. The molecule has 80 valence electrons. The van der Waals surface area contributed by atoms with Crippen LogP contribution in [0.1, 0.15) is 16.8 Å². The van der Waals surface area contributed by atoms with Gasteiger partial charge in [-0.15, -0.1) is 0 Å². The molecule has 1 aromatic carbocycles. The van der Waals surface area contributed by atoms with Crippen LogP contribution in [0.5, 0.6) is 0 Å². The van der Waals surface area contributed by atoms with E-state index in [-0.39, 0.29) is 0 Å². The summed E-state index contributed by atoms with van der Waals surface area (Å²) in [5.74, 6) is 0.517. The van der Waals surface area contributed by atoms with Crippen molar-refractivity contribution in [2.75, 3.05) is 5.73 Å². The van der Waals surface area contributed by atoms with Gasteiger partial charge in [-0.25, -0.2) is 0 Å². The zero-order valence-electron chi connectivity index (χ0n) is 9.36. The number of benzene rings is 1. The van der Waals surface area contributed by atoms with Crippen LogP contribution in [0.2, 0.25) is 0 Å². The molecule has 0 aliphatic heterocycles.